The maximum Gasteiger partial charge on any atom is 0.337 e. The first-order valence-electron chi connectivity index (χ1n) is 5.43. The minimum atomic E-state index is -1.31. The van der Waals surface area contributed by atoms with Crippen LogP contribution in [0.1, 0.15) is 10.4 Å². The third-order valence-corrected chi connectivity index (χ3v) is 2.88. The Balaban J connectivity index is 2.46. The van der Waals surface area contributed by atoms with E-state index in [0.717, 1.165) is 12.1 Å². The summed E-state index contributed by atoms with van der Waals surface area (Å²) in [5.74, 6) is -2.87. The van der Waals surface area contributed by atoms with Crippen molar-refractivity contribution in [1.29, 1.82) is 0 Å². The van der Waals surface area contributed by atoms with Gasteiger partial charge < -0.3 is 16.2 Å². The number of aromatic carboxylic acids is 1. The first kappa shape index (κ1) is 14.1. The van der Waals surface area contributed by atoms with Crippen molar-refractivity contribution >= 4 is 34.6 Å². The van der Waals surface area contributed by atoms with Crippen LogP contribution in [0.25, 0.3) is 0 Å². The summed E-state index contributed by atoms with van der Waals surface area (Å²) in [6.45, 7) is 0. The van der Waals surface area contributed by atoms with Gasteiger partial charge in [0.1, 0.15) is 5.82 Å². The van der Waals surface area contributed by atoms with Crippen LogP contribution in [0.2, 0.25) is 5.02 Å². The second-order valence-electron chi connectivity index (χ2n) is 3.95. The highest BCUT2D eigenvalue weighted by Crippen LogP contribution is 2.29. The van der Waals surface area contributed by atoms with Gasteiger partial charge in [0.25, 0.3) is 0 Å². The lowest BCUT2D eigenvalue weighted by Gasteiger charge is -2.11. The molecule has 7 heteroatoms. The normalized spacial score (nSPS) is 10.3. The Labute approximate surface area is 117 Å². The Kier molecular flexibility index (Phi) is 3.76. The Morgan fingerprint density at radius 2 is 1.95 bits per heavy atom. The van der Waals surface area contributed by atoms with E-state index < -0.39 is 17.6 Å². The number of carboxylic acids is 1. The van der Waals surface area contributed by atoms with Gasteiger partial charge in [0.15, 0.2) is 5.82 Å². The summed E-state index contributed by atoms with van der Waals surface area (Å²) in [6.07, 6.45) is 0. The molecule has 0 radical (unpaired) electrons. The lowest BCUT2D eigenvalue weighted by molar-refractivity contribution is 0.0698. The molecule has 0 saturated carbocycles. The maximum absolute atomic E-state index is 13.7. The summed E-state index contributed by atoms with van der Waals surface area (Å²) in [6, 6.07) is 6.00. The molecule has 4 nitrogen and oxygen atoms in total. The van der Waals surface area contributed by atoms with Gasteiger partial charge in [-0.1, -0.05) is 17.7 Å². The number of benzene rings is 2. The molecule has 2 rings (SSSR count). The highest BCUT2D eigenvalue weighted by Gasteiger charge is 2.15. The van der Waals surface area contributed by atoms with E-state index in [1.165, 1.54) is 18.2 Å². The zero-order chi connectivity index (χ0) is 14.9. The van der Waals surface area contributed by atoms with Crippen molar-refractivity contribution < 1.29 is 18.7 Å². The van der Waals surface area contributed by atoms with Gasteiger partial charge >= 0.3 is 5.97 Å². The van der Waals surface area contributed by atoms with E-state index in [4.69, 9.17) is 22.4 Å². The number of carbonyl (C=O) groups is 1. The number of nitrogens with one attached hydrogen (secondary N) is 1. The summed E-state index contributed by atoms with van der Waals surface area (Å²) in [4.78, 5) is 10.9. The minimum Gasteiger partial charge on any atom is -0.478 e. The average molecular weight is 299 g/mol. The Hall–Kier alpha value is -2.34. The Morgan fingerprint density at radius 1 is 1.25 bits per heavy atom. The van der Waals surface area contributed by atoms with E-state index in [2.05, 4.69) is 5.32 Å². The predicted molar refractivity (Wildman–Crippen MR) is 72.5 cm³/mol. The number of halogens is 3. The molecule has 0 saturated heterocycles. The van der Waals surface area contributed by atoms with Crippen LogP contribution in [0.3, 0.4) is 0 Å². The smallest absolute Gasteiger partial charge is 0.337 e. The molecule has 20 heavy (non-hydrogen) atoms. The van der Waals surface area contributed by atoms with Crippen molar-refractivity contribution in [2.75, 3.05) is 11.1 Å². The SMILES string of the molecule is Nc1cc(F)c(Nc2cccc(Cl)c2F)cc1C(=O)O. The quantitative estimate of drug-likeness (QED) is 0.756. The first-order chi connectivity index (χ1) is 9.40. The number of anilines is 3. The van der Waals surface area contributed by atoms with Crippen molar-refractivity contribution in [3.63, 3.8) is 0 Å². The molecule has 0 aliphatic rings. The summed E-state index contributed by atoms with van der Waals surface area (Å²) >= 11 is 5.60. The molecule has 0 spiro atoms. The lowest BCUT2D eigenvalue weighted by Crippen LogP contribution is -2.06. The number of carboxylic acid groups (broad SMARTS) is 1. The van der Waals surface area contributed by atoms with Crippen LogP contribution >= 0.6 is 11.6 Å². The monoisotopic (exact) mass is 298 g/mol. The number of nitrogen functional groups attached to an aromatic ring is 1. The molecular weight excluding hydrogens is 290 g/mol. The van der Waals surface area contributed by atoms with Crippen molar-refractivity contribution in [3.8, 4) is 0 Å². The van der Waals surface area contributed by atoms with E-state index in [1.54, 1.807) is 0 Å². The zero-order valence-corrected chi connectivity index (χ0v) is 10.7. The van der Waals surface area contributed by atoms with E-state index in [0.29, 0.717) is 0 Å². The van der Waals surface area contributed by atoms with Crippen LogP contribution in [0.4, 0.5) is 25.8 Å². The van der Waals surface area contributed by atoms with Gasteiger partial charge in [0.05, 0.1) is 22.0 Å². The molecule has 0 aliphatic carbocycles. The fraction of sp³-hybridized carbons (Fsp3) is 0. The molecule has 104 valence electrons. The zero-order valence-electron chi connectivity index (χ0n) is 9.95. The summed E-state index contributed by atoms with van der Waals surface area (Å²) in [7, 11) is 0. The van der Waals surface area contributed by atoms with Gasteiger partial charge in [-0.3, -0.25) is 0 Å². The van der Waals surface area contributed by atoms with Gasteiger partial charge in [-0.05, 0) is 24.3 Å². The van der Waals surface area contributed by atoms with E-state index >= 15 is 0 Å². The van der Waals surface area contributed by atoms with Crippen molar-refractivity contribution in [2.45, 2.75) is 0 Å². The largest absolute Gasteiger partial charge is 0.478 e. The molecule has 2 aromatic rings. The Morgan fingerprint density at radius 3 is 2.60 bits per heavy atom. The number of rotatable bonds is 3. The van der Waals surface area contributed by atoms with Crippen LogP contribution in [0, 0.1) is 11.6 Å². The molecule has 0 heterocycles. The standard InChI is InChI=1S/C13H9ClF2N2O2/c14-7-2-1-3-10(12(7)16)18-11-4-6(13(19)20)9(17)5-8(11)15/h1-5,18H,17H2,(H,19,20). The van der Waals surface area contributed by atoms with E-state index in [9.17, 15) is 13.6 Å². The first-order valence-corrected chi connectivity index (χ1v) is 5.81. The van der Waals surface area contributed by atoms with Crippen LogP contribution < -0.4 is 11.1 Å². The van der Waals surface area contributed by atoms with Crippen LogP contribution in [-0.2, 0) is 0 Å². The molecular formula is C13H9ClF2N2O2. The second-order valence-corrected chi connectivity index (χ2v) is 4.36. The molecule has 0 bridgehead atoms. The lowest BCUT2D eigenvalue weighted by atomic mass is 10.1. The minimum absolute atomic E-state index is 0.0717. The Bertz CT molecular complexity index is 692. The molecule has 0 atom stereocenters. The van der Waals surface area contributed by atoms with Gasteiger partial charge in [-0.25, -0.2) is 13.6 Å². The van der Waals surface area contributed by atoms with Gasteiger partial charge in [-0.2, -0.15) is 0 Å². The molecule has 0 unspecified atom stereocenters. The highest BCUT2D eigenvalue weighted by molar-refractivity contribution is 6.31. The van der Waals surface area contributed by atoms with Crippen LogP contribution in [-0.4, -0.2) is 11.1 Å². The fourth-order valence-corrected chi connectivity index (χ4v) is 1.79. The predicted octanol–water partition coefficient (Wildman–Crippen LogP) is 3.64. The third-order valence-electron chi connectivity index (χ3n) is 2.59. The second kappa shape index (κ2) is 5.34. The van der Waals surface area contributed by atoms with Gasteiger partial charge in [0, 0.05) is 5.69 Å². The van der Waals surface area contributed by atoms with E-state index in [1.807, 2.05) is 0 Å². The average Bonchev–Trinajstić information content (AvgIpc) is 2.37. The fourth-order valence-electron chi connectivity index (χ4n) is 1.62. The summed E-state index contributed by atoms with van der Waals surface area (Å²) in [5.41, 5.74) is 4.62. The molecule has 0 amide bonds. The van der Waals surface area contributed by atoms with Crippen molar-refractivity contribution in [3.05, 3.63) is 52.6 Å². The number of hydrogen-bond donors (Lipinski definition) is 3. The molecule has 0 fully saturated rings. The van der Waals surface area contributed by atoms with Gasteiger partial charge in [-0.15, -0.1) is 0 Å². The topological polar surface area (TPSA) is 75.3 Å². The van der Waals surface area contributed by atoms with Crippen molar-refractivity contribution in [2.24, 2.45) is 0 Å². The maximum atomic E-state index is 13.7. The van der Waals surface area contributed by atoms with Crippen LogP contribution in [0.15, 0.2) is 30.3 Å². The molecule has 0 aliphatic heterocycles. The highest BCUT2D eigenvalue weighted by atomic mass is 35.5. The third kappa shape index (κ3) is 2.65. The molecule has 4 N–H and O–H groups in total. The summed E-state index contributed by atoms with van der Waals surface area (Å²) in [5, 5.41) is 11.2. The number of hydrogen-bond acceptors (Lipinski definition) is 3. The van der Waals surface area contributed by atoms with Crippen molar-refractivity contribution in [1.82, 2.24) is 0 Å². The molecule has 2 aromatic carbocycles. The van der Waals surface area contributed by atoms with Crippen LogP contribution in [0.5, 0.6) is 0 Å². The van der Waals surface area contributed by atoms with E-state index in [-0.39, 0.29) is 27.6 Å². The number of nitrogens with two attached hydrogens (primary N) is 1. The molecule has 0 aromatic heterocycles. The van der Waals surface area contributed by atoms with Gasteiger partial charge in [0.2, 0.25) is 0 Å². The summed E-state index contributed by atoms with van der Waals surface area (Å²) < 4.78 is 27.4.